The van der Waals surface area contributed by atoms with Crippen molar-refractivity contribution in [1.29, 1.82) is 0 Å². The van der Waals surface area contributed by atoms with Crippen molar-refractivity contribution in [3.8, 4) is 5.75 Å². The summed E-state index contributed by atoms with van der Waals surface area (Å²) in [6, 6.07) is 21.1. The molecule has 4 N–H and O–H groups in total. The van der Waals surface area contributed by atoms with Crippen molar-refractivity contribution >= 4 is 93.4 Å². The van der Waals surface area contributed by atoms with Gasteiger partial charge in [0.05, 0.1) is 50.2 Å². The predicted molar refractivity (Wildman–Crippen MR) is 287 cm³/mol. The molecule has 8 rings (SSSR count). The number of esters is 1. The molecule has 3 aliphatic heterocycles. The summed E-state index contributed by atoms with van der Waals surface area (Å²) in [6.45, 7) is 14.8. The zero-order chi connectivity index (χ0) is 54.5. The Morgan fingerprint density at radius 3 is 2.11 bits per heavy atom. The van der Waals surface area contributed by atoms with E-state index in [1.807, 2.05) is 50.0 Å². The van der Waals surface area contributed by atoms with Gasteiger partial charge >= 0.3 is 12.1 Å². The Morgan fingerprint density at radius 1 is 0.827 bits per heavy atom. The van der Waals surface area contributed by atoms with Crippen LogP contribution in [0.3, 0.4) is 0 Å². The van der Waals surface area contributed by atoms with Crippen LogP contribution in [0.1, 0.15) is 109 Å². The molecule has 18 nitrogen and oxygen atoms in total. The first-order chi connectivity index (χ1) is 35.5. The average molecular weight is 1110 g/mol. The van der Waals surface area contributed by atoms with Crippen molar-refractivity contribution in [2.75, 3.05) is 25.1 Å². The van der Waals surface area contributed by atoms with E-state index in [0.717, 1.165) is 10.5 Å². The van der Waals surface area contributed by atoms with Crippen molar-refractivity contribution in [3.63, 3.8) is 0 Å². The number of amides is 6. The van der Waals surface area contributed by atoms with Crippen LogP contribution in [0.2, 0.25) is 19.6 Å². The summed E-state index contributed by atoms with van der Waals surface area (Å²) in [7, 11) is -2.83. The van der Waals surface area contributed by atoms with Gasteiger partial charge < -0.3 is 40.2 Å². The summed E-state index contributed by atoms with van der Waals surface area (Å²) >= 11 is 3.53. The van der Waals surface area contributed by atoms with Crippen molar-refractivity contribution < 1.29 is 57.3 Å². The van der Waals surface area contributed by atoms with E-state index >= 15 is 9.59 Å². The van der Waals surface area contributed by atoms with Gasteiger partial charge in [-0.25, -0.2) is 9.59 Å². The molecule has 4 heterocycles. The Balaban J connectivity index is 1.49. The maximum Gasteiger partial charge on any atom is 0.408 e. The summed E-state index contributed by atoms with van der Waals surface area (Å²) in [4.78, 5) is 115. The summed E-state index contributed by atoms with van der Waals surface area (Å²) in [5, 5.41) is 12.2. The SMILES string of the molecule is CCOC(=O)C1NC(=O)[C@H](COCc2ccccc2)NC(=O)C(NC(=O)OC(C)(C)C)[C@H](Oc2cccc(Br)c2NC(C)=O)c2c([Si](C)(C)C)n(C(C)=O)c3cc(ccc23)[C@@H]1CCCN1C(=O)c2ccccc2C1=O. The molecule has 2 unspecified atom stereocenters. The number of halogens is 1. The van der Waals surface area contributed by atoms with Gasteiger partial charge in [0.2, 0.25) is 23.6 Å². The monoisotopic (exact) mass is 1110 g/mol. The maximum absolute atomic E-state index is 15.6. The predicted octanol–water partition coefficient (Wildman–Crippen LogP) is 7.50. The summed E-state index contributed by atoms with van der Waals surface area (Å²) in [5.41, 5.74) is 1.65. The van der Waals surface area contributed by atoms with Gasteiger partial charge in [-0.05, 0) is 97.9 Å². The van der Waals surface area contributed by atoms with Gasteiger partial charge in [-0.3, -0.25) is 38.2 Å². The number of hydrogen-bond donors (Lipinski definition) is 4. The Bertz CT molecular complexity index is 3000. The number of para-hydroxylation sites is 1. The number of alkyl carbamates (subject to hydrolysis) is 1. The molecule has 0 spiro atoms. The molecule has 3 aliphatic rings. The van der Waals surface area contributed by atoms with Gasteiger partial charge in [0, 0.05) is 47.0 Å². The highest BCUT2D eigenvalue weighted by molar-refractivity contribution is 9.10. The van der Waals surface area contributed by atoms with Crippen LogP contribution in [0.25, 0.3) is 10.9 Å². The van der Waals surface area contributed by atoms with Gasteiger partial charge in [0.15, 0.2) is 12.1 Å². The topological polar surface area (TPSA) is 230 Å². The fourth-order valence-corrected chi connectivity index (χ4v) is 12.0. The van der Waals surface area contributed by atoms with Gasteiger partial charge in [0.25, 0.3) is 11.8 Å². The largest absolute Gasteiger partial charge is 0.481 e. The molecule has 5 atom stereocenters. The molecule has 1 aromatic heterocycles. The molecule has 0 radical (unpaired) electrons. The molecule has 0 saturated carbocycles. The second kappa shape index (κ2) is 23.2. The summed E-state index contributed by atoms with van der Waals surface area (Å²) in [6.07, 6.45) is -2.29. The molecule has 6 amide bonds. The number of imide groups is 1. The zero-order valence-corrected chi connectivity index (χ0v) is 46.0. The summed E-state index contributed by atoms with van der Waals surface area (Å²) < 4.78 is 26.6. The molecule has 0 fully saturated rings. The van der Waals surface area contributed by atoms with Crippen LogP contribution in [0.4, 0.5) is 10.5 Å². The number of ether oxygens (including phenoxy) is 4. The fraction of sp³-hybridized carbons (Fsp3) is 0.382. The first-order valence-corrected chi connectivity index (χ1v) is 29.0. The molecule has 4 aromatic carbocycles. The summed E-state index contributed by atoms with van der Waals surface area (Å²) in [5.74, 6) is -5.23. The highest BCUT2D eigenvalue weighted by atomic mass is 79.9. The Labute approximate surface area is 444 Å². The molecule has 20 heteroatoms. The lowest BCUT2D eigenvalue weighted by Crippen LogP contribution is -2.60. The van der Waals surface area contributed by atoms with Crippen LogP contribution in [-0.2, 0) is 40.0 Å². The second-order valence-corrected chi connectivity index (χ2v) is 26.3. The van der Waals surface area contributed by atoms with E-state index in [4.69, 9.17) is 18.9 Å². The Hall–Kier alpha value is -7.16. The third-order valence-electron chi connectivity index (χ3n) is 12.6. The number of nitrogens with one attached hydrogen (secondary N) is 4. The van der Waals surface area contributed by atoms with E-state index in [9.17, 15) is 28.8 Å². The van der Waals surface area contributed by atoms with Crippen LogP contribution >= 0.6 is 15.9 Å². The van der Waals surface area contributed by atoms with E-state index in [1.54, 1.807) is 92.9 Å². The number of hydrogen-bond acceptors (Lipinski definition) is 12. The van der Waals surface area contributed by atoms with Gasteiger partial charge in [-0.2, -0.15) is 0 Å². The lowest BCUT2D eigenvalue weighted by Gasteiger charge is -2.34. The highest BCUT2D eigenvalue weighted by Gasteiger charge is 2.45. The first-order valence-electron chi connectivity index (χ1n) is 24.7. The normalized spacial score (nSPS) is 19.0. The van der Waals surface area contributed by atoms with E-state index < -0.39 is 97.9 Å². The Kier molecular flexibility index (Phi) is 17.2. The molecular formula is C55H63BrN6O12Si. The maximum atomic E-state index is 15.6. The molecule has 75 heavy (non-hydrogen) atoms. The quantitative estimate of drug-likeness (QED) is 0.0454. The highest BCUT2D eigenvalue weighted by Crippen LogP contribution is 2.41. The first kappa shape index (κ1) is 55.6. The van der Waals surface area contributed by atoms with Gasteiger partial charge in [0.1, 0.15) is 23.4 Å². The average Bonchev–Trinajstić information content (AvgIpc) is 3.81. The smallest absolute Gasteiger partial charge is 0.408 e. The molecular weight excluding hydrogens is 1040 g/mol. The van der Waals surface area contributed by atoms with Crippen molar-refractivity contribution in [2.45, 2.75) is 116 Å². The second-order valence-electron chi connectivity index (χ2n) is 20.5. The number of benzene rings is 4. The molecule has 4 bridgehead atoms. The number of aromatic nitrogens is 1. The fourth-order valence-electron chi connectivity index (χ4n) is 9.52. The van der Waals surface area contributed by atoms with Crippen molar-refractivity contribution in [1.82, 2.24) is 25.4 Å². The van der Waals surface area contributed by atoms with E-state index in [0.29, 0.717) is 31.8 Å². The van der Waals surface area contributed by atoms with Crippen molar-refractivity contribution in [2.24, 2.45) is 0 Å². The minimum Gasteiger partial charge on any atom is -0.481 e. The lowest BCUT2D eigenvalue weighted by molar-refractivity contribution is -0.148. The third kappa shape index (κ3) is 12.7. The van der Waals surface area contributed by atoms with E-state index in [-0.39, 0.29) is 55.2 Å². The minimum atomic E-state index is -2.83. The number of fused-ring (bicyclic) bond motifs is 10. The lowest BCUT2D eigenvalue weighted by atomic mass is 9.86. The van der Waals surface area contributed by atoms with Gasteiger partial charge in [-0.1, -0.05) is 80.3 Å². The molecule has 5 aromatic rings. The molecule has 0 aliphatic carbocycles. The number of carbonyl (C=O) groups is 8. The third-order valence-corrected chi connectivity index (χ3v) is 15.2. The molecule has 396 valence electrons. The molecule has 0 saturated heterocycles. The number of anilines is 1. The van der Waals surface area contributed by atoms with E-state index in [1.165, 1.54) is 13.8 Å². The van der Waals surface area contributed by atoms with Crippen LogP contribution < -0.4 is 31.3 Å². The number of nitrogens with zero attached hydrogens (tertiary/aromatic N) is 2. The number of rotatable bonds is 15. The van der Waals surface area contributed by atoms with Crippen LogP contribution in [0.15, 0.2) is 95.5 Å². The standard InChI is InChI=1S/C55H63BrN6O12Si/c1-10-72-53(69)44-35(22-17-27-61-50(67)36-20-14-15-21-37(36)51(61)68)34-25-26-38-41(28-34)62(32(3)64)52(75(7,8)9)43(38)47(73-42-24-16-23-39(56)45(42)57-31(2)63)46(60-54(70)74-55(4,5)6)49(66)58-40(48(65)59-44)30-71-29-33-18-12-11-13-19-33/h11-16,18-21,23-26,28,35,40,44,46-47H,10,17,22,27,29-30H2,1-9H3,(H,57,63)(H,58,66)(H,59,65)(H,60,70)/t35-,40-,44?,46?,47+/m0/s1. The number of carbonyl (C=O) groups excluding carboxylic acids is 8. The van der Waals surface area contributed by atoms with E-state index in [2.05, 4.69) is 37.2 Å². The van der Waals surface area contributed by atoms with Crippen LogP contribution in [0, 0.1) is 0 Å². The zero-order valence-electron chi connectivity index (χ0n) is 43.5. The van der Waals surface area contributed by atoms with Crippen molar-refractivity contribution in [3.05, 3.63) is 123 Å². The Morgan fingerprint density at radius 2 is 1.49 bits per heavy atom. The minimum absolute atomic E-state index is 0.0182. The van der Waals surface area contributed by atoms with Gasteiger partial charge in [-0.15, -0.1) is 0 Å². The van der Waals surface area contributed by atoms with Crippen LogP contribution in [-0.4, -0.2) is 109 Å². The van der Waals surface area contributed by atoms with Crippen LogP contribution in [0.5, 0.6) is 5.75 Å².